The maximum absolute atomic E-state index is 12.5. The van der Waals surface area contributed by atoms with Gasteiger partial charge in [-0.1, -0.05) is 43.3 Å². The lowest BCUT2D eigenvalue weighted by molar-refractivity contribution is -0.131. The first-order valence-electron chi connectivity index (χ1n) is 10.9. The summed E-state index contributed by atoms with van der Waals surface area (Å²) < 4.78 is 5.44. The van der Waals surface area contributed by atoms with Crippen molar-refractivity contribution in [3.63, 3.8) is 0 Å². The molecule has 0 aliphatic carbocycles. The van der Waals surface area contributed by atoms with Crippen LogP contribution in [0.4, 0.5) is 0 Å². The van der Waals surface area contributed by atoms with Gasteiger partial charge in [-0.15, -0.1) is 24.0 Å². The molecule has 0 unspecified atom stereocenters. The third kappa shape index (κ3) is 6.95. The van der Waals surface area contributed by atoms with E-state index in [1.165, 1.54) is 11.1 Å². The number of benzene rings is 1. The Kier molecular flexibility index (Phi) is 10.3. The van der Waals surface area contributed by atoms with E-state index < -0.39 is 0 Å². The fourth-order valence-electron chi connectivity index (χ4n) is 3.82. The largest absolute Gasteiger partial charge is 0.359 e. The van der Waals surface area contributed by atoms with Gasteiger partial charge in [0, 0.05) is 45.1 Å². The Bertz CT molecular complexity index is 838. The van der Waals surface area contributed by atoms with Gasteiger partial charge in [-0.3, -0.25) is 9.79 Å². The number of amides is 1. The Morgan fingerprint density at radius 2 is 1.87 bits per heavy atom. The zero-order valence-electron chi connectivity index (χ0n) is 18.7. The number of rotatable bonds is 9. The Labute approximate surface area is 202 Å². The van der Waals surface area contributed by atoms with Crippen molar-refractivity contribution < 1.29 is 9.32 Å². The minimum atomic E-state index is 0. The molecule has 31 heavy (non-hydrogen) atoms. The van der Waals surface area contributed by atoms with E-state index in [0.717, 1.165) is 43.8 Å². The number of fused-ring (bicyclic) bond motifs is 1. The molecule has 1 aliphatic heterocycles. The number of hydrogen-bond donors (Lipinski definition) is 2. The van der Waals surface area contributed by atoms with Crippen LogP contribution in [0.2, 0.25) is 0 Å². The van der Waals surface area contributed by atoms with Crippen LogP contribution in [0.25, 0.3) is 0 Å². The number of carbonyl (C=O) groups is 1. The van der Waals surface area contributed by atoms with E-state index in [2.05, 4.69) is 46.8 Å². The van der Waals surface area contributed by atoms with Crippen LogP contribution in [-0.4, -0.2) is 35.5 Å². The second-order valence-electron chi connectivity index (χ2n) is 7.71. The van der Waals surface area contributed by atoms with Gasteiger partial charge in [-0.2, -0.15) is 0 Å². The maximum Gasteiger partial charge on any atom is 0.223 e. The standard InChI is InChI=1S/C23H33N5O2.HI/c1-4-17(5-2)21-13-20(30-27-21)14-26-23(24-3)25-12-8-11-22(29)28-15-18-9-6-7-10-19(18)16-28;/h6-7,9-10,13,17H,4-5,8,11-12,14-16H2,1-3H3,(H2,24,25,26);1H. The molecule has 0 saturated carbocycles. The highest BCUT2D eigenvalue weighted by molar-refractivity contribution is 14.0. The Hall–Kier alpha value is -2.10. The van der Waals surface area contributed by atoms with Gasteiger partial charge in [0.2, 0.25) is 5.91 Å². The van der Waals surface area contributed by atoms with E-state index in [1.54, 1.807) is 7.05 Å². The summed E-state index contributed by atoms with van der Waals surface area (Å²) in [5.74, 6) is 2.13. The van der Waals surface area contributed by atoms with Crippen LogP contribution in [0.15, 0.2) is 39.8 Å². The first-order valence-corrected chi connectivity index (χ1v) is 10.9. The van der Waals surface area contributed by atoms with Crippen molar-refractivity contribution in [2.75, 3.05) is 13.6 Å². The van der Waals surface area contributed by atoms with Crippen molar-refractivity contribution in [1.82, 2.24) is 20.7 Å². The molecule has 0 atom stereocenters. The molecule has 1 aliphatic rings. The lowest BCUT2D eigenvalue weighted by Crippen LogP contribution is -2.37. The number of guanidine groups is 1. The van der Waals surface area contributed by atoms with Crippen LogP contribution in [-0.2, 0) is 24.4 Å². The summed E-state index contributed by atoms with van der Waals surface area (Å²) in [4.78, 5) is 18.6. The molecule has 1 aromatic heterocycles. The molecule has 2 N–H and O–H groups in total. The van der Waals surface area contributed by atoms with E-state index in [1.807, 2.05) is 23.1 Å². The van der Waals surface area contributed by atoms with Crippen LogP contribution >= 0.6 is 24.0 Å². The van der Waals surface area contributed by atoms with Crippen LogP contribution in [0.3, 0.4) is 0 Å². The second kappa shape index (κ2) is 12.7. The SMILES string of the molecule is CCC(CC)c1cc(CNC(=NC)NCCCC(=O)N2Cc3ccccc3C2)on1.I. The third-order valence-corrected chi connectivity index (χ3v) is 5.69. The summed E-state index contributed by atoms with van der Waals surface area (Å²) in [5, 5.41) is 10.7. The third-order valence-electron chi connectivity index (χ3n) is 5.69. The normalized spacial score (nSPS) is 13.2. The molecule has 1 aromatic carbocycles. The van der Waals surface area contributed by atoms with Gasteiger partial charge in [0.05, 0.1) is 12.2 Å². The van der Waals surface area contributed by atoms with Crippen molar-refractivity contribution in [1.29, 1.82) is 0 Å². The van der Waals surface area contributed by atoms with Gasteiger partial charge in [-0.05, 0) is 30.4 Å². The lowest BCUT2D eigenvalue weighted by Gasteiger charge is -2.16. The number of carbonyl (C=O) groups excluding carboxylic acids is 1. The Morgan fingerprint density at radius 3 is 2.48 bits per heavy atom. The molecule has 2 aromatic rings. The predicted molar refractivity (Wildman–Crippen MR) is 133 cm³/mol. The number of hydrogen-bond acceptors (Lipinski definition) is 4. The summed E-state index contributed by atoms with van der Waals surface area (Å²) in [5.41, 5.74) is 3.53. The summed E-state index contributed by atoms with van der Waals surface area (Å²) in [6.45, 7) is 6.99. The zero-order valence-corrected chi connectivity index (χ0v) is 21.0. The molecular formula is C23H34IN5O2. The highest BCUT2D eigenvalue weighted by Crippen LogP contribution is 2.23. The summed E-state index contributed by atoms with van der Waals surface area (Å²) >= 11 is 0. The molecule has 8 heteroatoms. The molecule has 7 nitrogen and oxygen atoms in total. The van der Waals surface area contributed by atoms with Gasteiger partial charge in [0.1, 0.15) is 0 Å². The molecule has 0 radical (unpaired) electrons. The van der Waals surface area contributed by atoms with Gasteiger partial charge < -0.3 is 20.1 Å². The van der Waals surface area contributed by atoms with Crippen molar-refractivity contribution in [2.45, 2.75) is 65.1 Å². The molecule has 3 rings (SSSR count). The van der Waals surface area contributed by atoms with Gasteiger partial charge in [0.15, 0.2) is 11.7 Å². The molecular weight excluding hydrogens is 505 g/mol. The highest BCUT2D eigenvalue weighted by Gasteiger charge is 2.22. The number of aliphatic imine (C=N–C) groups is 1. The minimum Gasteiger partial charge on any atom is -0.359 e. The van der Waals surface area contributed by atoms with Crippen LogP contribution in [0.5, 0.6) is 0 Å². The maximum atomic E-state index is 12.5. The van der Waals surface area contributed by atoms with Crippen molar-refractivity contribution in [3.05, 3.63) is 52.9 Å². The van der Waals surface area contributed by atoms with E-state index >= 15 is 0 Å². The van der Waals surface area contributed by atoms with Crippen molar-refractivity contribution in [2.24, 2.45) is 4.99 Å². The fraction of sp³-hybridized carbons (Fsp3) is 0.522. The van der Waals surface area contributed by atoms with E-state index in [0.29, 0.717) is 31.4 Å². The summed E-state index contributed by atoms with van der Waals surface area (Å²) in [7, 11) is 1.73. The van der Waals surface area contributed by atoms with Crippen LogP contribution in [0, 0.1) is 0 Å². The summed E-state index contributed by atoms with van der Waals surface area (Å²) in [6.07, 6.45) is 3.40. The first-order chi connectivity index (χ1) is 14.6. The second-order valence-corrected chi connectivity index (χ2v) is 7.71. The van der Waals surface area contributed by atoms with Gasteiger partial charge in [-0.25, -0.2) is 0 Å². The highest BCUT2D eigenvalue weighted by atomic mass is 127. The molecule has 1 amide bonds. The summed E-state index contributed by atoms with van der Waals surface area (Å²) in [6, 6.07) is 10.3. The minimum absolute atomic E-state index is 0. The van der Waals surface area contributed by atoms with E-state index in [9.17, 15) is 4.79 Å². The number of nitrogens with zero attached hydrogens (tertiary/aromatic N) is 3. The van der Waals surface area contributed by atoms with Gasteiger partial charge in [0.25, 0.3) is 0 Å². The topological polar surface area (TPSA) is 82.8 Å². The molecule has 2 heterocycles. The monoisotopic (exact) mass is 539 g/mol. The molecule has 0 fully saturated rings. The van der Waals surface area contributed by atoms with Crippen molar-refractivity contribution >= 4 is 35.8 Å². The van der Waals surface area contributed by atoms with Gasteiger partial charge >= 0.3 is 0 Å². The number of aromatic nitrogens is 1. The smallest absolute Gasteiger partial charge is 0.223 e. The molecule has 170 valence electrons. The number of nitrogens with one attached hydrogen (secondary N) is 2. The predicted octanol–water partition coefficient (Wildman–Crippen LogP) is 4.18. The lowest BCUT2D eigenvalue weighted by atomic mass is 9.99. The average molecular weight is 539 g/mol. The quantitative estimate of drug-likeness (QED) is 0.216. The molecule has 0 spiro atoms. The Morgan fingerprint density at radius 1 is 1.19 bits per heavy atom. The number of halogens is 1. The van der Waals surface area contributed by atoms with Crippen molar-refractivity contribution in [3.8, 4) is 0 Å². The van der Waals surface area contributed by atoms with Crippen LogP contribution < -0.4 is 10.6 Å². The molecule has 0 saturated heterocycles. The Balaban J connectivity index is 0.00000341. The fourth-order valence-corrected chi connectivity index (χ4v) is 3.82. The average Bonchev–Trinajstić information content (AvgIpc) is 3.41. The van der Waals surface area contributed by atoms with E-state index in [-0.39, 0.29) is 29.9 Å². The van der Waals surface area contributed by atoms with E-state index in [4.69, 9.17) is 4.52 Å². The molecule has 0 bridgehead atoms. The van der Waals surface area contributed by atoms with Crippen LogP contribution in [0.1, 0.15) is 68.0 Å². The first kappa shape index (κ1) is 25.2. The zero-order chi connectivity index (χ0) is 21.3.